The standard InChI is InChI=1S/C33H38N2O12S/c1-41-26-8-6-20(14-25(26)37)28-17-24(36)23-15-22(47-48(5,39)40)16-29(32(23)46-28)45-19-30(38)35-12-10-34(11-13-35)18-21-7-9-27(42-2)33(44-4)31(21)43-3/h6-9,14-16,28,37H,10-13,17-19H2,1-5H3/t28-/m1/s1. The number of aromatic hydroxyl groups is 1. The molecule has 2 aliphatic rings. The van der Waals surface area contributed by atoms with Crippen molar-refractivity contribution >= 4 is 21.8 Å². The van der Waals surface area contributed by atoms with E-state index < -0.39 is 22.8 Å². The Bertz CT molecular complexity index is 1790. The number of carbonyl (C=O) groups excluding carboxylic acids is 2. The largest absolute Gasteiger partial charge is 0.504 e. The van der Waals surface area contributed by atoms with Crippen LogP contribution in [0, 0.1) is 0 Å². The summed E-state index contributed by atoms with van der Waals surface area (Å²) in [6.45, 7) is 2.22. The number of phenolic OH excluding ortho intramolecular Hbond substituents is 1. The van der Waals surface area contributed by atoms with Gasteiger partial charge >= 0.3 is 10.1 Å². The van der Waals surface area contributed by atoms with Crippen LogP contribution in [0.4, 0.5) is 0 Å². The van der Waals surface area contributed by atoms with Crippen LogP contribution in [-0.4, -0.2) is 102 Å². The third-order valence-corrected chi connectivity index (χ3v) is 8.53. The number of amides is 1. The summed E-state index contributed by atoms with van der Waals surface area (Å²) < 4.78 is 62.5. The molecule has 15 heteroatoms. The molecule has 2 heterocycles. The molecule has 258 valence electrons. The smallest absolute Gasteiger partial charge is 0.306 e. The van der Waals surface area contributed by atoms with Gasteiger partial charge < -0.3 is 42.6 Å². The van der Waals surface area contributed by atoms with Gasteiger partial charge in [-0.15, -0.1) is 0 Å². The molecule has 3 aromatic rings. The maximum Gasteiger partial charge on any atom is 0.306 e. The van der Waals surface area contributed by atoms with Gasteiger partial charge in [-0.3, -0.25) is 14.5 Å². The monoisotopic (exact) mass is 686 g/mol. The molecule has 0 aromatic heterocycles. The van der Waals surface area contributed by atoms with Gasteiger partial charge in [0.05, 0.1) is 46.7 Å². The van der Waals surface area contributed by atoms with E-state index in [4.69, 9.17) is 32.6 Å². The molecule has 0 unspecified atom stereocenters. The number of benzene rings is 3. The van der Waals surface area contributed by atoms with Crippen LogP contribution in [0.5, 0.6) is 46.0 Å². The predicted octanol–water partition coefficient (Wildman–Crippen LogP) is 3.19. The number of Topliss-reactive ketones (excluding diaryl/α,β-unsaturated/α-hetero) is 1. The van der Waals surface area contributed by atoms with Crippen LogP contribution in [-0.2, 0) is 21.5 Å². The molecular formula is C33H38N2O12S. The van der Waals surface area contributed by atoms with Crippen molar-refractivity contribution in [2.75, 3.05) is 67.5 Å². The fraction of sp³-hybridized carbons (Fsp3) is 0.394. The van der Waals surface area contributed by atoms with Crippen molar-refractivity contribution in [3.63, 3.8) is 0 Å². The zero-order valence-electron chi connectivity index (χ0n) is 27.3. The van der Waals surface area contributed by atoms with E-state index in [0.29, 0.717) is 55.5 Å². The number of carbonyl (C=O) groups is 2. The molecule has 1 amide bonds. The van der Waals surface area contributed by atoms with Gasteiger partial charge in [-0.1, -0.05) is 12.1 Å². The lowest BCUT2D eigenvalue weighted by molar-refractivity contribution is -0.135. The van der Waals surface area contributed by atoms with Gasteiger partial charge in [0.25, 0.3) is 5.91 Å². The van der Waals surface area contributed by atoms with Gasteiger partial charge in [0.2, 0.25) is 5.75 Å². The van der Waals surface area contributed by atoms with E-state index in [-0.39, 0.29) is 52.4 Å². The molecule has 5 rings (SSSR count). The Morgan fingerprint density at radius 3 is 2.21 bits per heavy atom. The predicted molar refractivity (Wildman–Crippen MR) is 172 cm³/mol. The molecular weight excluding hydrogens is 648 g/mol. The molecule has 0 spiro atoms. The van der Waals surface area contributed by atoms with Crippen molar-refractivity contribution in [1.29, 1.82) is 0 Å². The third-order valence-electron chi connectivity index (χ3n) is 8.04. The minimum Gasteiger partial charge on any atom is -0.504 e. The Kier molecular flexibility index (Phi) is 10.4. The van der Waals surface area contributed by atoms with Gasteiger partial charge in [-0.05, 0) is 29.8 Å². The lowest BCUT2D eigenvalue weighted by Gasteiger charge is -2.35. The average Bonchev–Trinajstić information content (AvgIpc) is 3.06. The van der Waals surface area contributed by atoms with E-state index in [1.165, 1.54) is 25.3 Å². The van der Waals surface area contributed by atoms with E-state index >= 15 is 0 Å². The number of nitrogens with zero attached hydrogens (tertiary/aromatic N) is 2. The number of phenols is 1. The summed E-state index contributed by atoms with van der Waals surface area (Å²) in [5.41, 5.74) is 1.47. The normalized spacial score (nSPS) is 16.4. The maximum absolute atomic E-state index is 13.3. The van der Waals surface area contributed by atoms with Gasteiger partial charge in [-0.2, -0.15) is 8.42 Å². The van der Waals surface area contributed by atoms with Crippen LogP contribution in [0.25, 0.3) is 0 Å². The number of fused-ring (bicyclic) bond motifs is 1. The van der Waals surface area contributed by atoms with Crippen molar-refractivity contribution < 1.29 is 55.7 Å². The SMILES string of the molecule is COc1ccc([C@H]2CC(=O)c3cc(OS(C)(=O)=O)cc(OCC(=O)N4CCN(Cc5ccc(OC)c(OC)c5OC)CC4)c3O2)cc1O. The summed E-state index contributed by atoms with van der Waals surface area (Å²) in [6.07, 6.45) is -0.0141. The van der Waals surface area contributed by atoms with Crippen molar-refractivity contribution in [1.82, 2.24) is 9.80 Å². The molecule has 0 saturated carbocycles. The van der Waals surface area contributed by atoms with E-state index in [1.54, 1.807) is 38.4 Å². The Labute approximate surface area is 278 Å². The molecule has 2 aliphatic heterocycles. The summed E-state index contributed by atoms with van der Waals surface area (Å²) in [5, 5.41) is 10.3. The number of ketones is 1. The Balaban J connectivity index is 1.29. The highest BCUT2D eigenvalue weighted by atomic mass is 32.2. The fourth-order valence-electron chi connectivity index (χ4n) is 5.71. The van der Waals surface area contributed by atoms with E-state index in [1.807, 2.05) is 12.1 Å². The van der Waals surface area contributed by atoms with Gasteiger partial charge in [0.15, 0.2) is 46.9 Å². The zero-order valence-corrected chi connectivity index (χ0v) is 28.1. The number of rotatable bonds is 12. The molecule has 1 atom stereocenters. The first-order valence-corrected chi connectivity index (χ1v) is 16.8. The van der Waals surface area contributed by atoms with Crippen LogP contribution in [0.1, 0.15) is 34.0 Å². The minimum absolute atomic E-state index is 0.0329. The van der Waals surface area contributed by atoms with Gasteiger partial charge in [0.1, 0.15) is 11.9 Å². The molecule has 48 heavy (non-hydrogen) atoms. The second kappa shape index (κ2) is 14.5. The van der Waals surface area contributed by atoms with Crippen molar-refractivity contribution in [2.24, 2.45) is 0 Å². The van der Waals surface area contributed by atoms with Crippen LogP contribution in [0.2, 0.25) is 0 Å². The van der Waals surface area contributed by atoms with E-state index in [0.717, 1.165) is 11.8 Å². The lowest BCUT2D eigenvalue weighted by Crippen LogP contribution is -2.49. The molecule has 0 radical (unpaired) electrons. The lowest BCUT2D eigenvalue weighted by atomic mass is 9.95. The average molecular weight is 687 g/mol. The third kappa shape index (κ3) is 7.63. The number of hydrogen-bond acceptors (Lipinski definition) is 13. The number of piperazine rings is 1. The topological polar surface area (TPSA) is 160 Å². The highest BCUT2D eigenvalue weighted by molar-refractivity contribution is 7.86. The second-order valence-electron chi connectivity index (χ2n) is 11.2. The van der Waals surface area contributed by atoms with Crippen molar-refractivity contribution in [2.45, 2.75) is 19.1 Å². The Hall–Kier alpha value is -4.89. The van der Waals surface area contributed by atoms with E-state index in [9.17, 15) is 23.1 Å². The summed E-state index contributed by atoms with van der Waals surface area (Å²) >= 11 is 0. The van der Waals surface area contributed by atoms with Gasteiger partial charge in [0, 0.05) is 44.4 Å². The highest BCUT2D eigenvalue weighted by Crippen LogP contribution is 2.45. The quantitative estimate of drug-likeness (QED) is 0.277. The minimum atomic E-state index is -3.94. The Morgan fingerprint density at radius 1 is 0.896 bits per heavy atom. The first kappa shape index (κ1) is 34.4. The Morgan fingerprint density at radius 2 is 1.58 bits per heavy atom. The molecule has 0 aliphatic carbocycles. The summed E-state index contributed by atoms with van der Waals surface area (Å²) in [6, 6.07) is 10.9. The van der Waals surface area contributed by atoms with Crippen LogP contribution in [0.15, 0.2) is 42.5 Å². The molecule has 3 aromatic carbocycles. The summed E-state index contributed by atoms with van der Waals surface area (Å²) in [7, 11) is 2.16. The summed E-state index contributed by atoms with van der Waals surface area (Å²) in [5.74, 6) is 0.963. The second-order valence-corrected chi connectivity index (χ2v) is 12.8. The maximum atomic E-state index is 13.3. The molecule has 14 nitrogen and oxygen atoms in total. The molecule has 1 N–H and O–H groups in total. The fourth-order valence-corrected chi connectivity index (χ4v) is 6.15. The van der Waals surface area contributed by atoms with Crippen molar-refractivity contribution in [3.8, 4) is 46.0 Å². The molecule has 0 bridgehead atoms. The number of ether oxygens (including phenoxy) is 6. The van der Waals surface area contributed by atoms with E-state index in [2.05, 4.69) is 4.90 Å². The van der Waals surface area contributed by atoms with Gasteiger partial charge in [-0.25, -0.2) is 0 Å². The first-order chi connectivity index (χ1) is 22.9. The highest BCUT2D eigenvalue weighted by Gasteiger charge is 2.33. The number of methoxy groups -OCH3 is 4. The number of hydrogen-bond donors (Lipinski definition) is 1. The van der Waals surface area contributed by atoms with Crippen LogP contribution in [0.3, 0.4) is 0 Å². The van der Waals surface area contributed by atoms with Crippen LogP contribution < -0.4 is 32.6 Å². The molecule has 1 fully saturated rings. The van der Waals surface area contributed by atoms with Crippen LogP contribution >= 0.6 is 0 Å². The zero-order chi connectivity index (χ0) is 34.6. The first-order valence-electron chi connectivity index (χ1n) is 15.0. The molecule has 1 saturated heterocycles. The summed E-state index contributed by atoms with van der Waals surface area (Å²) in [4.78, 5) is 30.4. The van der Waals surface area contributed by atoms with Crippen molar-refractivity contribution in [3.05, 3.63) is 59.2 Å².